The number of piperidine rings is 1. The van der Waals surface area contributed by atoms with Crippen LogP contribution in [0.3, 0.4) is 0 Å². The molecule has 1 atom stereocenters. The lowest BCUT2D eigenvalue weighted by Gasteiger charge is -2.33. The van der Waals surface area contributed by atoms with Crippen LogP contribution >= 0.6 is 0 Å². The highest BCUT2D eigenvalue weighted by Crippen LogP contribution is 2.28. The van der Waals surface area contributed by atoms with Crippen LogP contribution in [0.2, 0.25) is 0 Å². The van der Waals surface area contributed by atoms with Gasteiger partial charge in [-0.25, -0.2) is 9.97 Å². The number of hydrogen-bond acceptors (Lipinski definition) is 5. The molecule has 154 valence electrons. The Balaban J connectivity index is 1.47. The first-order valence-electron chi connectivity index (χ1n) is 10.4. The molecule has 2 heterocycles. The Hall–Kier alpha value is -3.41. The van der Waals surface area contributed by atoms with Gasteiger partial charge in [0, 0.05) is 24.7 Å². The summed E-state index contributed by atoms with van der Waals surface area (Å²) in [4.78, 5) is 24.0. The van der Waals surface area contributed by atoms with Crippen LogP contribution in [0.25, 0.3) is 11.3 Å². The third-order valence-electron chi connectivity index (χ3n) is 5.28. The van der Waals surface area contributed by atoms with Crippen molar-refractivity contribution in [1.29, 1.82) is 0 Å². The van der Waals surface area contributed by atoms with E-state index < -0.39 is 0 Å². The fourth-order valence-electron chi connectivity index (χ4n) is 3.77. The van der Waals surface area contributed by atoms with Gasteiger partial charge in [0.1, 0.15) is 17.9 Å². The minimum atomic E-state index is -0.108. The standard InChI is InChI=1S/C24H26N4O2/c1-2-30-22-13-7-6-12-20(22)27-24(29)19-11-8-14-28(16-19)23-15-21(25-17-26-23)18-9-4-3-5-10-18/h3-7,9-10,12-13,15,17,19H,2,8,11,14,16H2,1H3,(H,27,29). The van der Waals surface area contributed by atoms with E-state index in [4.69, 9.17) is 4.74 Å². The lowest BCUT2D eigenvalue weighted by atomic mass is 9.97. The van der Waals surface area contributed by atoms with Crippen LogP contribution in [0, 0.1) is 5.92 Å². The topological polar surface area (TPSA) is 67.3 Å². The average molecular weight is 402 g/mol. The van der Waals surface area contributed by atoms with Gasteiger partial charge in [0.2, 0.25) is 5.91 Å². The van der Waals surface area contributed by atoms with E-state index >= 15 is 0 Å². The maximum absolute atomic E-state index is 13.0. The van der Waals surface area contributed by atoms with E-state index in [0.29, 0.717) is 18.9 Å². The molecule has 1 unspecified atom stereocenters. The van der Waals surface area contributed by atoms with E-state index in [1.165, 1.54) is 0 Å². The van der Waals surface area contributed by atoms with Crippen LogP contribution in [-0.4, -0.2) is 35.6 Å². The Labute approximate surface area is 176 Å². The first-order chi connectivity index (χ1) is 14.7. The summed E-state index contributed by atoms with van der Waals surface area (Å²) in [6.45, 7) is 4.00. The maximum Gasteiger partial charge on any atom is 0.229 e. The van der Waals surface area contributed by atoms with Crippen molar-refractivity contribution in [3.05, 3.63) is 67.0 Å². The van der Waals surface area contributed by atoms with Crippen molar-refractivity contribution < 1.29 is 9.53 Å². The van der Waals surface area contributed by atoms with Gasteiger partial charge >= 0.3 is 0 Å². The van der Waals surface area contributed by atoms with Crippen molar-refractivity contribution in [2.45, 2.75) is 19.8 Å². The lowest BCUT2D eigenvalue weighted by molar-refractivity contribution is -0.120. The molecule has 4 rings (SSSR count). The first-order valence-corrected chi connectivity index (χ1v) is 10.4. The SMILES string of the molecule is CCOc1ccccc1NC(=O)C1CCCN(c2cc(-c3ccccc3)ncn2)C1. The van der Waals surface area contributed by atoms with Crippen LogP contribution < -0.4 is 15.0 Å². The molecule has 1 amide bonds. The molecular formula is C24H26N4O2. The van der Waals surface area contributed by atoms with E-state index in [9.17, 15) is 4.79 Å². The van der Waals surface area contributed by atoms with Gasteiger partial charge < -0.3 is 15.0 Å². The normalized spacial score (nSPS) is 16.2. The number of aromatic nitrogens is 2. The number of nitrogens with one attached hydrogen (secondary N) is 1. The Bertz CT molecular complexity index is 993. The number of carbonyl (C=O) groups is 1. The van der Waals surface area contributed by atoms with E-state index in [2.05, 4.69) is 20.2 Å². The number of nitrogens with zero attached hydrogens (tertiary/aromatic N) is 3. The van der Waals surface area contributed by atoms with Gasteiger partial charge in [-0.3, -0.25) is 4.79 Å². The van der Waals surface area contributed by atoms with Crippen molar-refractivity contribution in [2.24, 2.45) is 5.92 Å². The van der Waals surface area contributed by atoms with Crippen molar-refractivity contribution in [3.63, 3.8) is 0 Å². The number of para-hydroxylation sites is 2. The molecule has 0 aliphatic carbocycles. The number of hydrogen-bond donors (Lipinski definition) is 1. The maximum atomic E-state index is 13.0. The third-order valence-corrected chi connectivity index (χ3v) is 5.28. The number of carbonyl (C=O) groups excluding carboxylic acids is 1. The molecule has 0 radical (unpaired) electrons. The van der Waals surface area contributed by atoms with Crippen LogP contribution in [0.15, 0.2) is 67.0 Å². The number of amides is 1. The molecule has 1 fully saturated rings. The van der Waals surface area contributed by atoms with Gasteiger partial charge in [-0.15, -0.1) is 0 Å². The van der Waals surface area contributed by atoms with Crippen molar-refractivity contribution in [3.8, 4) is 17.0 Å². The molecule has 1 N–H and O–H groups in total. The van der Waals surface area contributed by atoms with Gasteiger partial charge in [0.25, 0.3) is 0 Å². The lowest BCUT2D eigenvalue weighted by Crippen LogP contribution is -2.41. The second-order valence-electron chi connectivity index (χ2n) is 7.33. The van der Waals surface area contributed by atoms with Gasteiger partial charge in [-0.2, -0.15) is 0 Å². The molecule has 6 nitrogen and oxygen atoms in total. The molecule has 1 aromatic heterocycles. The number of rotatable bonds is 6. The fraction of sp³-hybridized carbons (Fsp3) is 0.292. The number of benzene rings is 2. The van der Waals surface area contributed by atoms with Crippen molar-refractivity contribution in [2.75, 3.05) is 29.9 Å². The van der Waals surface area contributed by atoms with Crippen molar-refractivity contribution >= 4 is 17.4 Å². The Morgan fingerprint density at radius 3 is 2.77 bits per heavy atom. The molecule has 0 spiro atoms. The molecule has 0 bridgehead atoms. The van der Waals surface area contributed by atoms with Crippen LogP contribution in [0.1, 0.15) is 19.8 Å². The van der Waals surface area contributed by atoms with E-state index in [-0.39, 0.29) is 11.8 Å². The Morgan fingerprint density at radius 2 is 1.93 bits per heavy atom. The Kier molecular flexibility index (Phi) is 6.23. The van der Waals surface area contributed by atoms with Crippen LogP contribution in [-0.2, 0) is 4.79 Å². The molecule has 1 aliphatic rings. The highest BCUT2D eigenvalue weighted by Gasteiger charge is 2.27. The molecule has 30 heavy (non-hydrogen) atoms. The van der Waals surface area contributed by atoms with Crippen molar-refractivity contribution in [1.82, 2.24) is 9.97 Å². The van der Waals surface area contributed by atoms with Gasteiger partial charge in [-0.05, 0) is 31.9 Å². The summed E-state index contributed by atoms with van der Waals surface area (Å²) >= 11 is 0. The first kappa shape index (κ1) is 19.9. The summed E-state index contributed by atoms with van der Waals surface area (Å²) in [6, 6.07) is 19.6. The zero-order valence-corrected chi connectivity index (χ0v) is 17.1. The summed E-state index contributed by atoms with van der Waals surface area (Å²) in [5.41, 5.74) is 2.66. The van der Waals surface area contributed by atoms with E-state index in [1.54, 1.807) is 6.33 Å². The van der Waals surface area contributed by atoms with Crippen LogP contribution in [0.4, 0.5) is 11.5 Å². The van der Waals surface area contributed by atoms with Gasteiger partial charge in [-0.1, -0.05) is 42.5 Å². The summed E-state index contributed by atoms with van der Waals surface area (Å²) in [7, 11) is 0. The summed E-state index contributed by atoms with van der Waals surface area (Å²) in [6.07, 6.45) is 3.39. The predicted octanol–water partition coefficient (Wildman–Crippen LogP) is 4.40. The zero-order valence-electron chi connectivity index (χ0n) is 17.1. The molecule has 1 aliphatic heterocycles. The quantitative estimate of drug-likeness (QED) is 0.662. The monoisotopic (exact) mass is 402 g/mol. The second-order valence-corrected chi connectivity index (χ2v) is 7.33. The molecule has 0 saturated carbocycles. The smallest absolute Gasteiger partial charge is 0.229 e. The van der Waals surface area contributed by atoms with Gasteiger partial charge in [0.05, 0.1) is 23.9 Å². The molecule has 2 aromatic carbocycles. The minimum Gasteiger partial charge on any atom is -0.492 e. The average Bonchev–Trinajstić information content (AvgIpc) is 2.81. The van der Waals surface area contributed by atoms with E-state index in [0.717, 1.165) is 42.1 Å². The molecule has 6 heteroatoms. The summed E-state index contributed by atoms with van der Waals surface area (Å²) < 4.78 is 5.63. The largest absolute Gasteiger partial charge is 0.492 e. The zero-order chi connectivity index (χ0) is 20.8. The highest BCUT2D eigenvalue weighted by atomic mass is 16.5. The third kappa shape index (κ3) is 4.59. The predicted molar refractivity (Wildman–Crippen MR) is 119 cm³/mol. The molecular weight excluding hydrogens is 376 g/mol. The Morgan fingerprint density at radius 1 is 1.13 bits per heavy atom. The summed E-state index contributed by atoms with van der Waals surface area (Å²) in [5.74, 6) is 1.47. The summed E-state index contributed by atoms with van der Waals surface area (Å²) in [5, 5.41) is 3.05. The van der Waals surface area contributed by atoms with Crippen LogP contribution in [0.5, 0.6) is 5.75 Å². The minimum absolute atomic E-state index is 0.0178. The fourth-order valence-corrected chi connectivity index (χ4v) is 3.77. The highest BCUT2D eigenvalue weighted by molar-refractivity contribution is 5.94. The number of anilines is 2. The second kappa shape index (κ2) is 9.39. The van der Waals surface area contributed by atoms with Gasteiger partial charge in [0.15, 0.2) is 0 Å². The molecule has 1 saturated heterocycles. The van der Waals surface area contributed by atoms with E-state index in [1.807, 2.05) is 67.6 Å². The number of ether oxygens (including phenoxy) is 1. The molecule has 3 aromatic rings.